The minimum absolute atomic E-state index is 0.133. The molecule has 1 aromatic carbocycles. The van der Waals surface area contributed by atoms with Gasteiger partial charge in [0.05, 0.1) is 11.3 Å². The van der Waals surface area contributed by atoms with Crippen molar-refractivity contribution in [2.24, 2.45) is 5.16 Å². The SMILES string of the molecule is O=C(NON=C1CCCC1)c1cccc(C(F)(F)F)c1. The van der Waals surface area contributed by atoms with Gasteiger partial charge >= 0.3 is 6.18 Å². The zero-order valence-electron chi connectivity index (χ0n) is 10.5. The Morgan fingerprint density at radius 3 is 2.60 bits per heavy atom. The molecule has 1 saturated carbocycles. The van der Waals surface area contributed by atoms with E-state index in [9.17, 15) is 18.0 Å². The molecule has 0 heterocycles. The third kappa shape index (κ3) is 3.72. The summed E-state index contributed by atoms with van der Waals surface area (Å²) < 4.78 is 37.5. The van der Waals surface area contributed by atoms with Gasteiger partial charge < -0.3 is 0 Å². The number of oxime groups is 1. The van der Waals surface area contributed by atoms with Crippen LogP contribution in [0.2, 0.25) is 0 Å². The molecule has 0 unspecified atom stereocenters. The van der Waals surface area contributed by atoms with E-state index >= 15 is 0 Å². The summed E-state index contributed by atoms with van der Waals surface area (Å²) in [6, 6.07) is 4.11. The number of hydroxylamine groups is 1. The Kier molecular flexibility index (Phi) is 4.26. The van der Waals surface area contributed by atoms with Crippen LogP contribution < -0.4 is 5.48 Å². The molecule has 2 rings (SSSR count). The van der Waals surface area contributed by atoms with Gasteiger partial charge in [0, 0.05) is 5.56 Å². The van der Waals surface area contributed by atoms with E-state index in [1.807, 2.05) is 5.48 Å². The first-order chi connectivity index (χ1) is 9.47. The molecule has 1 aliphatic rings. The van der Waals surface area contributed by atoms with Crippen LogP contribution in [0.4, 0.5) is 13.2 Å². The summed E-state index contributed by atoms with van der Waals surface area (Å²) in [6.07, 6.45) is -0.784. The molecule has 20 heavy (non-hydrogen) atoms. The van der Waals surface area contributed by atoms with E-state index in [4.69, 9.17) is 0 Å². The van der Waals surface area contributed by atoms with Crippen LogP contribution in [0.5, 0.6) is 0 Å². The van der Waals surface area contributed by atoms with Crippen molar-refractivity contribution in [1.29, 1.82) is 0 Å². The highest BCUT2D eigenvalue weighted by molar-refractivity contribution is 5.93. The fourth-order valence-electron chi connectivity index (χ4n) is 1.90. The van der Waals surface area contributed by atoms with E-state index in [2.05, 4.69) is 10.1 Å². The molecule has 0 atom stereocenters. The quantitative estimate of drug-likeness (QED) is 0.867. The lowest BCUT2D eigenvalue weighted by Crippen LogP contribution is -2.22. The van der Waals surface area contributed by atoms with Crippen molar-refractivity contribution < 1.29 is 22.9 Å². The van der Waals surface area contributed by atoms with Crippen molar-refractivity contribution in [1.82, 2.24) is 5.48 Å². The van der Waals surface area contributed by atoms with Gasteiger partial charge in [0.2, 0.25) is 0 Å². The van der Waals surface area contributed by atoms with Gasteiger partial charge in [-0.25, -0.2) is 0 Å². The van der Waals surface area contributed by atoms with E-state index in [1.54, 1.807) is 0 Å². The Bertz CT molecular complexity index is 519. The van der Waals surface area contributed by atoms with E-state index in [-0.39, 0.29) is 5.56 Å². The summed E-state index contributed by atoms with van der Waals surface area (Å²) in [5.74, 6) is -0.765. The Hall–Kier alpha value is -2.05. The molecule has 0 aliphatic heterocycles. The lowest BCUT2D eigenvalue weighted by Gasteiger charge is -2.08. The van der Waals surface area contributed by atoms with E-state index in [0.717, 1.165) is 43.5 Å². The molecule has 1 fully saturated rings. The molecular weight excluding hydrogens is 273 g/mol. The zero-order valence-corrected chi connectivity index (χ0v) is 10.5. The number of nitrogens with one attached hydrogen (secondary N) is 1. The number of nitrogens with zero attached hydrogens (tertiary/aromatic N) is 1. The molecule has 1 amide bonds. The molecule has 108 valence electrons. The van der Waals surface area contributed by atoms with Gasteiger partial charge in [-0.1, -0.05) is 11.2 Å². The smallest absolute Gasteiger partial charge is 0.268 e. The van der Waals surface area contributed by atoms with Crippen molar-refractivity contribution in [2.45, 2.75) is 31.9 Å². The number of benzene rings is 1. The van der Waals surface area contributed by atoms with Crippen molar-refractivity contribution in [3.05, 3.63) is 35.4 Å². The fraction of sp³-hybridized carbons (Fsp3) is 0.385. The first-order valence-corrected chi connectivity index (χ1v) is 6.16. The van der Waals surface area contributed by atoms with Crippen LogP contribution in [0, 0.1) is 0 Å². The molecule has 4 nitrogen and oxygen atoms in total. The normalized spacial score (nSPS) is 15.1. The third-order valence-corrected chi connectivity index (χ3v) is 2.95. The number of halogens is 3. The lowest BCUT2D eigenvalue weighted by atomic mass is 10.1. The van der Waals surface area contributed by atoms with Crippen LogP contribution in [-0.2, 0) is 11.1 Å². The summed E-state index contributed by atoms with van der Waals surface area (Å²) >= 11 is 0. The number of rotatable bonds is 3. The predicted molar refractivity (Wildman–Crippen MR) is 65.9 cm³/mol. The molecule has 0 bridgehead atoms. The van der Waals surface area contributed by atoms with E-state index in [1.165, 1.54) is 12.1 Å². The molecule has 1 aromatic rings. The van der Waals surface area contributed by atoms with Crippen molar-refractivity contribution in [3.63, 3.8) is 0 Å². The van der Waals surface area contributed by atoms with E-state index in [0.29, 0.717) is 0 Å². The van der Waals surface area contributed by atoms with Gasteiger partial charge in [-0.2, -0.15) is 18.7 Å². The molecular formula is C13H13F3N2O2. The van der Waals surface area contributed by atoms with Crippen LogP contribution in [0.1, 0.15) is 41.6 Å². The molecule has 0 radical (unpaired) electrons. The third-order valence-electron chi connectivity index (χ3n) is 2.95. The maximum atomic E-state index is 12.5. The average Bonchev–Trinajstić information content (AvgIpc) is 2.91. The molecule has 0 saturated heterocycles. The molecule has 1 aliphatic carbocycles. The van der Waals surface area contributed by atoms with Crippen LogP contribution in [0.3, 0.4) is 0 Å². The summed E-state index contributed by atoms with van der Waals surface area (Å²) in [5.41, 5.74) is 1.84. The van der Waals surface area contributed by atoms with Crippen LogP contribution in [-0.4, -0.2) is 11.6 Å². The summed E-state index contributed by atoms with van der Waals surface area (Å²) in [5, 5.41) is 3.72. The van der Waals surface area contributed by atoms with Crippen LogP contribution in [0.25, 0.3) is 0 Å². The molecule has 0 spiro atoms. The van der Waals surface area contributed by atoms with Gasteiger partial charge in [0.15, 0.2) is 0 Å². The minimum atomic E-state index is -4.48. The van der Waals surface area contributed by atoms with Gasteiger partial charge in [-0.05, 0) is 43.9 Å². The summed E-state index contributed by atoms with van der Waals surface area (Å²) in [7, 11) is 0. The summed E-state index contributed by atoms with van der Waals surface area (Å²) in [4.78, 5) is 16.3. The Balaban J connectivity index is 1.97. The van der Waals surface area contributed by atoms with Crippen molar-refractivity contribution in [2.75, 3.05) is 0 Å². The summed E-state index contributed by atoms with van der Waals surface area (Å²) in [6.45, 7) is 0. The fourth-order valence-corrected chi connectivity index (χ4v) is 1.90. The standard InChI is InChI=1S/C13H13F3N2O2/c14-13(15,16)10-5-3-4-9(8-10)12(19)18-20-17-11-6-1-2-7-11/h3-5,8H,1-2,6-7H2,(H,18,19). The largest absolute Gasteiger partial charge is 0.416 e. The Morgan fingerprint density at radius 1 is 1.25 bits per heavy atom. The van der Waals surface area contributed by atoms with E-state index < -0.39 is 17.6 Å². The maximum Gasteiger partial charge on any atom is 0.416 e. The molecule has 7 heteroatoms. The minimum Gasteiger partial charge on any atom is -0.268 e. The number of carbonyl (C=O) groups excluding carboxylic acids is 1. The average molecular weight is 286 g/mol. The van der Waals surface area contributed by atoms with Gasteiger partial charge in [-0.15, -0.1) is 0 Å². The van der Waals surface area contributed by atoms with Gasteiger partial charge in [0.25, 0.3) is 5.91 Å². The number of hydrogen-bond acceptors (Lipinski definition) is 3. The Labute approximate surface area is 113 Å². The number of alkyl halides is 3. The maximum absolute atomic E-state index is 12.5. The number of amides is 1. The van der Waals surface area contributed by atoms with Crippen molar-refractivity contribution in [3.8, 4) is 0 Å². The van der Waals surface area contributed by atoms with Crippen molar-refractivity contribution >= 4 is 11.6 Å². The topological polar surface area (TPSA) is 50.7 Å². The monoisotopic (exact) mass is 286 g/mol. The van der Waals surface area contributed by atoms with Gasteiger partial charge in [0.1, 0.15) is 0 Å². The number of carbonyl (C=O) groups is 1. The molecule has 0 aromatic heterocycles. The first kappa shape index (κ1) is 14.4. The zero-order chi connectivity index (χ0) is 14.6. The second-order valence-electron chi connectivity index (χ2n) is 4.47. The first-order valence-electron chi connectivity index (χ1n) is 6.16. The van der Waals surface area contributed by atoms with Crippen LogP contribution in [0.15, 0.2) is 29.4 Å². The second kappa shape index (κ2) is 5.94. The molecule has 1 N–H and O–H groups in total. The second-order valence-corrected chi connectivity index (χ2v) is 4.47. The number of hydrogen-bond donors (Lipinski definition) is 1. The Morgan fingerprint density at radius 2 is 1.95 bits per heavy atom. The highest BCUT2D eigenvalue weighted by atomic mass is 19.4. The predicted octanol–water partition coefficient (Wildman–Crippen LogP) is 3.30. The highest BCUT2D eigenvalue weighted by Gasteiger charge is 2.30. The highest BCUT2D eigenvalue weighted by Crippen LogP contribution is 2.29. The lowest BCUT2D eigenvalue weighted by molar-refractivity contribution is -0.137. The van der Waals surface area contributed by atoms with Gasteiger partial charge in [-0.3, -0.25) is 9.73 Å². The van der Waals surface area contributed by atoms with Crippen LogP contribution >= 0.6 is 0 Å².